The molecule has 2 aromatic heterocycles. The molecule has 0 bridgehead atoms. The third-order valence-corrected chi connectivity index (χ3v) is 6.34. The van der Waals surface area contributed by atoms with Crippen LogP contribution >= 0.6 is 0 Å². The number of fused-ring (bicyclic) bond motifs is 1. The van der Waals surface area contributed by atoms with Crippen LogP contribution in [-0.4, -0.2) is 63.7 Å². The van der Waals surface area contributed by atoms with Crippen LogP contribution in [0.25, 0.3) is 0 Å². The van der Waals surface area contributed by atoms with E-state index < -0.39 is 17.8 Å². The van der Waals surface area contributed by atoms with Crippen LogP contribution in [0.1, 0.15) is 42.1 Å². The van der Waals surface area contributed by atoms with Gasteiger partial charge in [-0.15, -0.1) is 0 Å². The first-order valence-corrected chi connectivity index (χ1v) is 11.1. The zero-order valence-electron chi connectivity index (χ0n) is 19.7. The Labute approximate surface area is 195 Å². The lowest BCUT2D eigenvalue weighted by atomic mass is 9.98. The standard InChI is InChI=1S/C22H28F3N7O2/c1-11(2)19-20(33)28-18-12(3)26-17(9-14(18)30(19)4)27-13-6-7-32(10-13)21(34)15-8-16(22(23,24)25)29-31(15)5/h8-9,11,13,19H,6-7,10H2,1-5H3,(H,26,27)(H,28,33)/t13-,19+/m1/s1. The van der Waals surface area contributed by atoms with Crippen LogP contribution < -0.4 is 15.5 Å². The van der Waals surface area contributed by atoms with Crippen molar-refractivity contribution in [1.82, 2.24) is 19.7 Å². The van der Waals surface area contributed by atoms with Gasteiger partial charge in [0.15, 0.2) is 5.69 Å². The summed E-state index contributed by atoms with van der Waals surface area (Å²) in [7, 11) is 3.21. The van der Waals surface area contributed by atoms with Crippen molar-refractivity contribution in [3.63, 3.8) is 0 Å². The first-order valence-electron chi connectivity index (χ1n) is 11.1. The Kier molecular flexibility index (Phi) is 5.94. The molecule has 0 aromatic carbocycles. The molecule has 0 radical (unpaired) electrons. The van der Waals surface area contributed by atoms with E-state index in [-0.39, 0.29) is 29.6 Å². The molecule has 34 heavy (non-hydrogen) atoms. The maximum absolute atomic E-state index is 13.0. The third kappa shape index (κ3) is 4.28. The second-order valence-electron chi connectivity index (χ2n) is 9.19. The zero-order valence-corrected chi connectivity index (χ0v) is 19.7. The fourth-order valence-electron chi connectivity index (χ4n) is 4.67. The molecule has 0 aliphatic carbocycles. The average Bonchev–Trinajstić information content (AvgIpc) is 3.35. The molecule has 9 nitrogen and oxygen atoms in total. The van der Waals surface area contributed by atoms with E-state index in [1.54, 1.807) is 0 Å². The number of hydrogen-bond donors (Lipinski definition) is 2. The Balaban J connectivity index is 1.48. The van der Waals surface area contributed by atoms with E-state index in [4.69, 9.17) is 0 Å². The predicted molar refractivity (Wildman–Crippen MR) is 121 cm³/mol. The average molecular weight is 480 g/mol. The summed E-state index contributed by atoms with van der Waals surface area (Å²) in [5.74, 6) is 0.166. The Hall–Kier alpha value is -3.31. The topological polar surface area (TPSA) is 95.4 Å². The summed E-state index contributed by atoms with van der Waals surface area (Å²) in [6.07, 6.45) is -3.99. The van der Waals surface area contributed by atoms with Gasteiger partial charge in [-0.05, 0) is 19.3 Å². The summed E-state index contributed by atoms with van der Waals surface area (Å²) in [5.41, 5.74) is 1.01. The fourth-order valence-corrected chi connectivity index (χ4v) is 4.67. The molecule has 1 saturated heterocycles. The molecule has 2 aliphatic heterocycles. The smallest absolute Gasteiger partial charge is 0.365 e. The molecule has 2 atom stereocenters. The number of pyridine rings is 1. The summed E-state index contributed by atoms with van der Waals surface area (Å²) in [6, 6.07) is 2.24. The van der Waals surface area contributed by atoms with Gasteiger partial charge in [-0.25, -0.2) is 4.98 Å². The van der Waals surface area contributed by atoms with Gasteiger partial charge in [0.1, 0.15) is 17.6 Å². The number of alkyl halides is 3. The molecule has 4 heterocycles. The lowest BCUT2D eigenvalue weighted by Crippen LogP contribution is -2.49. The molecule has 2 amide bonds. The SMILES string of the molecule is Cc1nc(N[C@@H]2CCN(C(=O)c3cc(C(F)(F)F)nn3C)C2)cc2c1NC(=O)[C@H](C(C)C)N2C. The second-order valence-corrected chi connectivity index (χ2v) is 9.19. The highest BCUT2D eigenvalue weighted by atomic mass is 19.4. The number of halogens is 3. The van der Waals surface area contributed by atoms with E-state index >= 15 is 0 Å². The summed E-state index contributed by atoms with van der Waals surface area (Å²) in [6.45, 7) is 6.52. The van der Waals surface area contributed by atoms with Crippen molar-refractivity contribution in [1.29, 1.82) is 0 Å². The maximum Gasteiger partial charge on any atom is 0.435 e. The molecule has 12 heteroatoms. The minimum absolute atomic E-state index is 0.0654. The first kappa shape index (κ1) is 23.8. The second kappa shape index (κ2) is 8.48. The summed E-state index contributed by atoms with van der Waals surface area (Å²) < 4.78 is 39.8. The molecule has 184 valence electrons. The van der Waals surface area contributed by atoms with E-state index in [0.29, 0.717) is 36.7 Å². The number of nitrogens with one attached hydrogen (secondary N) is 2. The number of aromatic nitrogens is 3. The van der Waals surface area contributed by atoms with Crippen molar-refractivity contribution in [3.05, 3.63) is 29.2 Å². The van der Waals surface area contributed by atoms with Crippen LogP contribution in [0.5, 0.6) is 0 Å². The van der Waals surface area contributed by atoms with Crippen molar-refractivity contribution in [2.45, 2.75) is 45.5 Å². The number of aryl methyl sites for hydroxylation is 2. The van der Waals surface area contributed by atoms with Gasteiger partial charge in [-0.3, -0.25) is 14.3 Å². The number of rotatable bonds is 4. The van der Waals surface area contributed by atoms with Crippen LogP contribution in [0, 0.1) is 12.8 Å². The maximum atomic E-state index is 13.0. The molecule has 1 fully saturated rings. The Morgan fingerprint density at radius 1 is 1.26 bits per heavy atom. The number of nitrogens with zero attached hydrogens (tertiary/aromatic N) is 5. The van der Waals surface area contributed by atoms with Gasteiger partial charge < -0.3 is 20.4 Å². The number of likely N-dealkylation sites (N-methyl/N-ethyl adjacent to an activating group) is 1. The van der Waals surface area contributed by atoms with Gasteiger partial charge in [-0.1, -0.05) is 13.8 Å². The molecule has 2 N–H and O–H groups in total. The van der Waals surface area contributed by atoms with Crippen LogP contribution in [0.4, 0.5) is 30.4 Å². The van der Waals surface area contributed by atoms with Crippen molar-refractivity contribution in [2.24, 2.45) is 13.0 Å². The van der Waals surface area contributed by atoms with E-state index in [0.717, 1.165) is 16.4 Å². The Morgan fingerprint density at radius 3 is 2.59 bits per heavy atom. The van der Waals surface area contributed by atoms with Gasteiger partial charge in [-0.2, -0.15) is 18.3 Å². The largest absolute Gasteiger partial charge is 0.435 e. The van der Waals surface area contributed by atoms with E-state index in [2.05, 4.69) is 20.7 Å². The van der Waals surface area contributed by atoms with E-state index in [1.807, 2.05) is 38.8 Å². The zero-order chi connectivity index (χ0) is 24.9. The first-order chi connectivity index (χ1) is 15.9. The highest BCUT2D eigenvalue weighted by Gasteiger charge is 2.37. The molecule has 2 aromatic rings. The predicted octanol–water partition coefficient (Wildman–Crippen LogP) is 2.88. The summed E-state index contributed by atoms with van der Waals surface area (Å²) in [4.78, 5) is 33.4. The minimum Gasteiger partial charge on any atom is -0.365 e. The van der Waals surface area contributed by atoms with Gasteiger partial charge in [0, 0.05) is 45.4 Å². The molecule has 2 aliphatic rings. The van der Waals surface area contributed by atoms with E-state index in [1.165, 1.54) is 11.9 Å². The highest BCUT2D eigenvalue weighted by molar-refractivity contribution is 6.04. The van der Waals surface area contributed by atoms with E-state index in [9.17, 15) is 22.8 Å². The molecule has 0 unspecified atom stereocenters. The van der Waals surface area contributed by atoms with Gasteiger partial charge in [0.25, 0.3) is 5.91 Å². The van der Waals surface area contributed by atoms with Crippen molar-refractivity contribution in [3.8, 4) is 0 Å². The van der Waals surface area contributed by atoms with Gasteiger partial charge in [0.05, 0.1) is 17.1 Å². The van der Waals surface area contributed by atoms with Crippen molar-refractivity contribution >= 4 is 29.0 Å². The highest BCUT2D eigenvalue weighted by Crippen LogP contribution is 2.37. The number of likely N-dealkylation sites (tertiary alicyclic amines) is 1. The Morgan fingerprint density at radius 2 is 1.97 bits per heavy atom. The normalized spacial score (nSPS) is 20.6. The lowest BCUT2D eigenvalue weighted by Gasteiger charge is -2.38. The lowest BCUT2D eigenvalue weighted by molar-refractivity contribution is -0.141. The quantitative estimate of drug-likeness (QED) is 0.700. The molecule has 0 saturated carbocycles. The van der Waals surface area contributed by atoms with Crippen LogP contribution in [0.2, 0.25) is 0 Å². The summed E-state index contributed by atoms with van der Waals surface area (Å²) in [5, 5.41) is 9.72. The molecule has 0 spiro atoms. The van der Waals surface area contributed by atoms with Gasteiger partial charge >= 0.3 is 6.18 Å². The van der Waals surface area contributed by atoms with Crippen LogP contribution in [0.3, 0.4) is 0 Å². The molecular weight excluding hydrogens is 451 g/mol. The van der Waals surface area contributed by atoms with Crippen molar-refractivity contribution in [2.75, 3.05) is 35.7 Å². The summed E-state index contributed by atoms with van der Waals surface area (Å²) >= 11 is 0. The molecule has 4 rings (SSSR count). The monoisotopic (exact) mass is 479 g/mol. The van der Waals surface area contributed by atoms with Crippen LogP contribution in [-0.2, 0) is 18.0 Å². The number of hydrogen-bond acceptors (Lipinski definition) is 6. The number of amides is 2. The van der Waals surface area contributed by atoms with Crippen molar-refractivity contribution < 1.29 is 22.8 Å². The third-order valence-electron chi connectivity index (χ3n) is 6.34. The fraction of sp³-hybridized carbons (Fsp3) is 0.545. The Bertz CT molecular complexity index is 1130. The van der Waals surface area contributed by atoms with Crippen LogP contribution in [0.15, 0.2) is 12.1 Å². The minimum atomic E-state index is -4.61. The number of carbonyl (C=O) groups is 2. The van der Waals surface area contributed by atoms with Gasteiger partial charge in [0.2, 0.25) is 5.91 Å². The molecular formula is C22H28F3N7O2. The number of anilines is 3. The number of carbonyl (C=O) groups excluding carboxylic acids is 2.